The van der Waals surface area contributed by atoms with E-state index in [0.29, 0.717) is 13.2 Å². The summed E-state index contributed by atoms with van der Waals surface area (Å²) in [5.74, 6) is 1.76. The first-order chi connectivity index (χ1) is 10.1. The molecule has 1 saturated carbocycles. The molecule has 2 aliphatic heterocycles. The van der Waals surface area contributed by atoms with Crippen molar-refractivity contribution < 1.29 is 9.47 Å². The summed E-state index contributed by atoms with van der Waals surface area (Å²) in [5.41, 5.74) is 0.109. The first kappa shape index (κ1) is 15.8. The van der Waals surface area contributed by atoms with E-state index in [1.807, 2.05) is 0 Å². The molecule has 3 rings (SSSR count). The Labute approximate surface area is 134 Å². The fraction of sp³-hybridized carbons (Fsp3) is 0.889. The Kier molecular flexibility index (Phi) is 3.57. The molecule has 1 aliphatic carbocycles. The van der Waals surface area contributed by atoms with E-state index in [-0.39, 0.29) is 28.3 Å². The molecule has 0 aromatic rings. The molecule has 1 fully saturated rings. The minimum atomic E-state index is -0.167. The average Bonchev–Trinajstić information content (AvgIpc) is 2.93. The minimum absolute atomic E-state index is 0.138. The standard InChI is InChI=1S/C18H30N2O2/c1-16(2,3)12-10-21-14(19-12)18(8-7-9-18)15-20-13(11-22-15)17(4,5)6/h12-13H,7-11H2,1-6H3/t12-,13-/m1/s1. The van der Waals surface area contributed by atoms with Gasteiger partial charge in [0.25, 0.3) is 0 Å². The topological polar surface area (TPSA) is 43.2 Å². The largest absolute Gasteiger partial charge is 0.478 e. The first-order valence-electron chi connectivity index (χ1n) is 8.55. The average molecular weight is 306 g/mol. The monoisotopic (exact) mass is 306 g/mol. The summed E-state index contributed by atoms with van der Waals surface area (Å²) in [6, 6.07) is 0.473. The fourth-order valence-corrected chi connectivity index (χ4v) is 3.21. The van der Waals surface area contributed by atoms with E-state index in [4.69, 9.17) is 19.5 Å². The highest BCUT2D eigenvalue weighted by atomic mass is 16.5. The molecular formula is C18H30N2O2. The lowest BCUT2D eigenvalue weighted by molar-refractivity contribution is 0.177. The van der Waals surface area contributed by atoms with Crippen LogP contribution >= 0.6 is 0 Å². The molecule has 0 bridgehead atoms. The van der Waals surface area contributed by atoms with E-state index in [1.54, 1.807) is 0 Å². The molecule has 0 aromatic heterocycles. The molecule has 4 heteroatoms. The molecular weight excluding hydrogens is 276 g/mol. The summed E-state index contributed by atoms with van der Waals surface area (Å²) in [4.78, 5) is 9.84. The van der Waals surface area contributed by atoms with Crippen molar-refractivity contribution in [3.63, 3.8) is 0 Å². The van der Waals surface area contributed by atoms with Gasteiger partial charge in [0.15, 0.2) is 11.8 Å². The van der Waals surface area contributed by atoms with Crippen LogP contribution in [0.2, 0.25) is 0 Å². The predicted octanol–water partition coefficient (Wildman–Crippen LogP) is 3.84. The van der Waals surface area contributed by atoms with Crippen LogP contribution in [0.3, 0.4) is 0 Å². The maximum absolute atomic E-state index is 6.02. The molecule has 22 heavy (non-hydrogen) atoms. The highest BCUT2D eigenvalue weighted by Crippen LogP contribution is 2.48. The third-order valence-corrected chi connectivity index (χ3v) is 5.33. The van der Waals surface area contributed by atoms with Gasteiger partial charge in [-0.1, -0.05) is 48.0 Å². The lowest BCUT2D eigenvalue weighted by Gasteiger charge is -2.39. The highest BCUT2D eigenvalue weighted by molar-refractivity contribution is 6.07. The fourth-order valence-electron chi connectivity index (χ4n) is 3.21. The zero-order valence-corrected chi connectivity index (χ0v) is 14.9. The van der Waals surface area contributed by atoms with E-state index in [9.17, 15) is 0 Å². The van der Waals surface area contributed by atoms with Crippen LogP contribution in [-0.2, 0) is 9.47 Å². The zero-order chi connectivity index (χ0) is 16.2. The van der Waals surface area contributed by atoms with Crippen molar-refractivity contribution in [3.05, 3.63) is 0 Å². The van der Waals surface area contributed by atoms with Gasteiger partial charge in [-0.25, -0.2) is 9.98 Å². The van der Waals surface area contributed by atoms with Crippen LogP contribution < -0.4 is 0 Å². The van der Waals surface area contributed by atoms with Crippen molar-refractivity contribution in [3.8, 4) is 0 Å². The summed E-state index contributed by atoms with van der Waals surface area (Å²) in [6.45, 7) is 14.7. The Morgan fingerprint density at radius 3 is 1.45 bits per heavy atom. The van der Waals surface area contributed by atoms with Gasteiger partial charge in [-0.15, -0.1) is 0 Å². The maximum Gasteiger partial charge on any atom is 0.199 e. The summed E-state index contributed by atoms with van der Waals surface area (Å²) in [5, 5.41) is 0. The van der Waals surface area contributed by atoms with Gasteiger partial charge < -0.3 is 9.47 Å². The quantitative estimate of drug-likeness (QED) is 0.778. The molecule has 2 heterocycles. The molecule has 0 saturated heterocycles. The van der Waals surface area contributed by atoms with Crippen molar-refractivity contribution >= 4 is 11.8 Å². The van der Waals surface area contributed by atoms with Crippen molar-refractivity contribution in [2.24, 2.45) is 26.2 Å². The lowest BCUT2D eigenvalue weighted by atomic mass is 9.68. The highest BCUT2D eigenvalue weighted by Gasteiger charge is 2.54. The van der Waals surface area contributed by atoms with Gasteiger partial charge in [0.05, 0.1) is 12.1 Å². The number of hydrogen-bond acceptors (Lipinski definition) is 4. The predicted molar refractivity (Wildman–Crippen MR) is 89.5 cm³/mol. The molecule has 0 N–H and O–H groups in total. The van der Waals surface area contributed by atoms with Crippen LogP contribution in [0.15, 0.2) is 9.98 Å². The molecule has 3 aliphatic rings. The third kappa shape index (κ3) is 2.55. The molecule has 124 valence electrons. The summed E-state index contributed by atoms with van der Waals surface area (Å²) < 4.78 is 12.0. The second kappa shape index (κ2) is 4.97. The Morgan fingerprint density at radius 1 is 0.818 bits per heavy atom. The minimum Gasteiger partial charge on any atom is -0.478 e. The molecule has 2 atom stereocenters. The molecule has 0 radical (unpaired) electrons. The zero-order valence-electron chi connectivity index (χ0n) is 14.9. The number of aliphatic imine (C=N–C) groups is 2. The van der Waals surface area contributed by atoms with Crippen molar-refractivity contribution in [2.45, 2.75) is 72.9 Å². The van der Waals surface area contributed by atoms with Gasteiger partial charge in [-0.2, -0.15) is 0 Å². The number of hydrogen-bond donors (Lipinski definition) is 0. The van der Waals surface area contributed by atoms with Gasteiger partial charge in [-0.3, -0.25) is 0 Å². The van der Waals surface area contributed by atoms with Crippen LogP contribution in [0, 0.1) is 16.2 Å². The van der Waals surface area contributed by atoms with E-state index >= 15 is 0 Å². The van der Waals surface area contributed by atoms with Crippen LogP contribution in [0.1, 0.15) is 60.8 Å². The second-order valence-electron chi connectivity index (χ2n) is 9.19. The number of ether oxygens (including phenoxy) is 2. The van der Waals surface area contributed by atoms with E-state index in [1.165, 1.54) is 6.42 Å². The van der Waals surface area contributed by atoms with Crippen molar-refractivity contribution in [1.82, 2.24) is 0 Å². The molecule has 0 amide bonds. The van der Waals surface area contributed by atoms with Gasteiger partial charge in [-0.05, 0) is 23.7 Å². The van der Waals surface area contributed by atoms with E-state index in [2.05, 4.69) is 41.5 Å². The van der Waals surface area contributed by atoms with E-state index < -0.39 is 0 Å². The Balaban J connectivity index is 1.85. The maximum atomic E-state index is 6.02. The van der Waals surface area contributed by atoms with Crippen molar-refractivity contribution in [1.29, 1.82) is 0 Å². The second-order valence-corrected chi connectivity index (χ2v) is 9.19. The Hall–Kier alpha value is -1.06. The molecule has 0 spiro atoms. The van der Waals surface area contributed by atoms with Gasteiger partial charge in [0.1, 0.15) is 18.6 Å². The summed E-state index contributed by atoms with van der Waals surface area (Å²) >= 11 is 0. The van der Waals surface area contributed by atoms with Gasteiger partial charge >= 0.3 is 0 Å². The number of nitrogens with zero attached hydrogens (tertiary/aromatic N) is 2. The van der Waals surface area contributed by atoms with E-state index in [0.717, 1.165) is 24.6 Å². The normalized spacial score (nSPS) is 31.0. The number of rotatable bonds is 2. The van der Waals surface area contributed by atoms with Crippen LogP contribution in [0.4, 0.5) is 0 Å². The molecule has 0 aromatic carbocycles. The van der Waals surface area contributed by atoms with Crippen LogP contribution in [-0.4, -0.2) is 37.1 Å². The Bertz CT molecular complexity index is 462. The van der Waals surface area contributed by atoms with Crippen molar-refractivity contribution in [2.75, 3.05) is 13.2 Å². The SMILES string of the molecule is CC(C)(C)[C@H]1COC(C2(C3=N[C@@H](C(C)(C)C)CO3)CCC2)=N1. The summed E-state index contributed by atoms with van der Waals surface area (Å²) in [7, 11) is 0. The molecule has 0 unspecified atom stereocenters. The first-order valence-corrected chi connectivity index (χ1v) is 8.55. The molecule has 4 nitrogen and oxygen atoms in total. The van der Waals surface area contributed by atoms with Gasteiger partial charge in [0.2, 0.25) is 0 Å². The van der Waals surface area contributed by atoms with Crippen LogP contribution in [0.5, 0.6) is 0 Å². The third-order valence-electron chi connectivity index (χ3n) is 5.33. The smallest absolute Gasteiger partial charge is 0.199 e. The Morgan fingerprint density at radius 2 is 1.23 bits per heavy atom. The van der Waals surface area contributed by atoms with Gasteiger partial charge in [0, 0.05) is 0 Å². The van der Waals surface area contributed by atoms with Crippen LogP contribution in [0.25, 0.3) is 0 Å². The lowest BCUT2D eigenvalue weighted by Crippen LogP contribution is -2.45. The summed E-state index contributed by atoms with van der Waals surface area (Å²) in [6.07, 6.45) is 3.31.